The zero-order chi connectivity index (χ0) is 20.9. The smallest absolute Gasteiger partial charge is 0.242 e. The highest BCUT2D eigenvalue weighted by molar-refractivity contribution is 6.30. The number of nitrogens with zero attached hydrogens (tertiary/aromatic N) is 1. The lowest BCUT2D eigenvalue weighted by molar-refractivity contribution is -0.140. The van der Waals surface area contributed by atoms with Gasteiger partial charge < -0.3 is 10.2 Å². The van der Waals surface area contributed by atoms with Gasteiger partial charge in [0.2, 0.25) is 11.8 Å². The molecule has 0 aromatic heterocycles. The van der Waals surface area contributed by atoms with Crippen LogP contribution in [0.25, 0.3) is 0 Å². The van der Waals surface area contributed by atoms with Gasteiger partial charge in [0.15, 0.2) is 0 Å². The number of hydrogen-bond acceptors (Lipinski definition) is 2. The molecule has 150 valence electrons. The van der Waals surface area contributed by atoms with Crippen molar-refractivity contribution >= 4 is 23.4 Å². The van der Waals surface area contributed by atoms with Crippen molar-refractivity contribution in [2.75, 3.05) is 0 Å². The van der Waals surface area contributed by atoms with E-state index in [0.717, 1.165) is 16.7 Å². The van der Waals surface area contributed by atoms with Crippen molar-refractivity contribution in [3.05, 3.63) is 70.2 Å². The molecule has 0 radical (unpaired) electrons. The van der Waals surface area contributed by atoms with Gasteiger partial charge in [-0.3, -0.25) is 9.59 Å². The Morgan fingerprint density at radius 2 is 1.54 bits per heavy atom. The lowest BCUT2D eigenvalue weighted by Gasteiger charge is -2.31. The van der Waals surface area contributed by atoms with E-state index >= 15 is 0 Å². The van der Waals surface area contributed by atoms with Crippen LogP contribution in [-0.2, 0) is 22.6 Å². The van der Waals surface area contributed by atoms with Gasteiger partial charge in [0.1, 0.15) is 6.04 Å². The summed E-state index contributed by atoms with van der Waals surface area (Å²) in [7, 11) is 0. The molecule has 28 heavy (non-hydrogen) atoms. The van der Waals surface area contributed by atoms with E-state index in [0.29, 0.717) is 11.6 Å². The van der Waals surface area contributed by atoms with Gasteiger partial charge in [0.05, 0.1) is 6.42 Å². The van der Waals surface area contributed by atoms with Crippen LogP contribution in [0.15, 0.2) is 48.5 Å². The molecule has 0 saturated heterocycles. The molecule has 0 aliphatic heterocycles. The third-order valence-electron chi connectivity index (χ3n) is 4.41. The highest BCUT2D eigenvalue weighted by atomic mass is 35.5. The number of rotatable bonds is 6. The number of hydrogen-bond donors (Lipinski definition) is 1. The van der Waals surface area contributed by atoms with Crippen LogP contribution in [0.3, 0.4) is 0 Å². The maximum absolute atomic E-state index is 13.1. The van der Waals surface area contributed by atoms with E-state index in [-0.39, 0.29) is 23.8 Å². The Morgan fingerprint density at radius 3 is 2.07 bits per heavy atom. The summed E-state index contributed by atoms with van der Waals surface area (Å²) in [6, 6.07) is 14.6. The topological polar surface area (TPSA) is 49.4 Å². The summed E-state index contributed by atoms with van der Waals surface area (Å²) in [5.41, 5.74) is 2.65. The number of carbonyl (C=O) groups is 2. The fourth-order valence-corrected chi connectivity index (χ4v) is 2.95. The summed E-state index contributed by atoms with van der Waals surface area (Å²) >= 11 is 5.94. The minimum absolute atomic E-state index is 0.0977. The fourth-order valence-electron chi connectivity index (χ4n) is 2.83. The Balaban J connectivity index is 2.23. The van der Waals surface area contributed by atoms with Crippen LogP contribution in [-0.4, -0.2) is 28.3 Å². The van der Waals surface area contributed by atoms with Crippen LogP contribution in [0.4, 0.5) is 0 Å². The van der Waals surface area contributed by atoms with Crippen molar-refractivity contribution in [1.29, 1.82) is 0 Å². The molecule has 0 spiro atoms. The Morgan fingerprint density at radius 1 is 1.00 bits per heavy atom. The second-order valence-corrected chi connectivity index (χ2v) is 8.66. The molecule has 0 aliphatic carbocycles. The first-order valence-corrected chi connectivity index (χ1v) is 9.84. The number of carbonyl (C=O) groups excluding carboxylic acids is 2. The van der Waals surface area contributed by atoms with Crippen molar-refractivity contribution in [2.24, 2.45) is 0 Å². The van der Waals surface area contributed by atoms with E-state index in [9.17, 15) is 9.59 Å². The zero-order valence-electron chi connectivity index (χ0n) is 17.3. The SMILES string of the molecule is Cc1ccc(CN(C(=O)Cc2ccc(Cl)cc2)[C@@H](C)C(=O)NC(C)(C)C)cc1. The Kier molecular flexibility index (Phi) is 7.25. The van der Waals surface area contributed by atoms with Crippen LogP contribution in [0.5, 0.6) is 0 Å². The standard InChI is InChI=1S/C23H29ClN2O2/c1-16-6-8-19(9-7-16)15-26(17(2)22(28)25-23(3,4)5)21(27)14-18-10-12-20(24)13-11-18/h6-13,17H,14-15H2,1-5H3,(H,25,28)/t17-/m0/s1. The van der Waals surface area contributed by atoms with E-state index in [4.69, 9.17) is 11.6 Å². The van der Waals surface area contributed by atoms with Gasteiger partial charge in [-0.25, -0.2) is 0 Å². The number of aryl methyl sites for hydroxylation is 1. The minimum Gasteiger partial charge on any atom is -0.350 e. The average molecular weight is 401 g/mol. The van der Waals surface area contributed by atoms with Crippen LogP contribution in [0.1, 0.15) is 44.4 Å². The molecule has 0 aliphatic rings. The summed E-state index contributed by atoms with van der Waals surface area (Å²) in [5.74, 6) is -0.261. The molecule has 0 bridgehead atoms. The molecule has 0 saturated carbocycles. The van der Waals surface area contributed by atoms with E-state index in [1.165, 1.54) is 0 Å². The predicted octanol–water partition coefficient (Wildman–Crippen LogP) is 4.52. The Hall–Kier alpha value is -2.33. The van der Waals surface area contributed by atoms with Crippen molar-refractivity contribution in [1.82, 2.24) is 10.2 Å². The number of benzene rings is 2. The highest BCUT2D eigenvalue weighted by Gasteiger charge is 2.28. The Labute approximate surface area is 172 Å². The van der Waals surface area contributed by atoms with Crippen molar-refractivity contribution in [3.63, 3.8) is 0 Å². The molecule has 4 nitrogen and oxygen atoms in total. The molecule has 5 heteroatoms. The summed E-state index contributed by atoms with van der Waals surface area (Å²) in [6.45, 7) is 9.96. The van der Waals surface area contributed by atoms with Gasteiger partial charge in [0, 0.05) is 17.1 Å². The molecule has 2 amide bonds. The fraction of sp³-hybridized carbons (Fsp3) is 0.391. The maximum atomic E-state index is 13.1. The normalized spacial score (nSPS) is 12.4. The molecule has 0 heterocycles. The molecule has 2 aromatic carbocycles. The van der Waals surface area contributed by atoms with Crippen LogP contribution in [0.2, 0.25) is 5.02 Å². The van der Waals surface area contributed by atoms with Crippen molar-refractivity contribution < 1.29 is 9.59 Å². The second-order valence-electron chi connectivity index (χ2n) is 8.23. The largest absolute Gasteiger partial charge is 0.350 e. The first-order chi connectivity index (χ1) is 13.0. The minimum atomic E-state index is -0.583. The maximum Gasteiger partial charge on any atom is 0.242 e. The van der Waals surface area contributed by atoms with Gasteiger partial charge in [-0.15, -0.1) is 0 Å². The van der Waals surface area contributed by atoms with Crippen molar-refractivity contribution in [2.45, 2.75) is 59.2 Å². The van der Waals surface area contributed by atoms with Gasteiger partial charge >= 0.3 is 0 Å². The summed E-state index contributed by atoms with van der Waals surface area (Å²) in [5, 5.41) is 3.60. The summed E-state index contributed by atoms with van der Waals surface area (Å²) in [4.78, 5) is 27.5. The first-order valence-electron chi connectivity index (χ1n) is 9.46. The molecule has 2 rings (SSSR count). The predicted molar refractivity (Wildman–Crippen MR) is 114 cm³/mol. The molecular weight excluding hydrogens is 372 g/mol. The molecule has 2 aromatic rings. The third-order valence-corrected chi connectivity index (χ3v) is 4.66. The monoisotopic (exact) mass is 400 g/mol. The van der Waals surface area contributed by atoms with Crippen LogP contribution < -0.4 is 5.32 Å². The number of nitrogens with one attached hydrogen (secondary N) is 1. The second kappa shape index (κ2) is 9.24. The first kappa shape index (κ1) is 22.0. The van der Waals surface area contributed by atoms with E-state index in [1.54, 1.807) is 24.0 Å². The molecular formula is C23H29ClN2O2. The third kappa shape index (κ3) is 6.68. The van der Waals surface area contributed by atoms with Gasteiger partial charge in [-0.2, -0.15) is 0 Å². The quantitative estimate of drug-likeness (QED) is 0.774. The lowest BCUT2D eigenvalue weighted by atomic mass is 10.1. The van der Waals surface area contributed by atoms with Gasteiger partial charge in [-0.1, -0.05) is 53.6 Å². The molecule has 0 unspecified atom stereocenters. The average Bonchev–Trinajstić information content (AvgIpc) is 2.61. The molecule has 1 atom stereocenters. The number of halogens is 1. The number of amides is 2. The van der Waals surface area contributed by atoms with Crippen molar-refractivity contribution in [3.8, 4) is 0 Å². The summed E-state index contributed by atoms with van der Waals surface area (Å²) in [6.07, 6.45) is 0.218. The van der Waals surface area contributed by atoms with Crippen LogP contribution >= 0.6 is 11.6 Å². The summed E-state index contributed by atoms with van der Waals surface area (Å²) < 4.78 is 0. The molecule has 0 fully saturated rings. The van der Waals surface area contributed by atoms with E-state index < -0.39 is 6.04 Å². The van der Waals surface area contributed by atoms with E-state index in [1.807, 2.05) is 64.1 Å². The van der Waals surface area contributed by atoms with Gasteiger partial charge in [0.25, 0.3) is 0 Å². The lowest BCUT2D eigenvalue weighted by Crippen LogP contribution is -2.52. The van der Waals surface area contributed by atoms with Crippen LogP contribution in [0, 0.1) is 6.92 Å². The Bertz CT molecular complexity index is 808. The van der Waals surface area contributed by atoms with Gasteiger partial charge in [-0.05, 0) is 57.9 Å². The zero-order valence-corrected chi connectivity index (χ0v) is 18.0. The molecule has 1 N–H and O–H groups in total. The van der Waals surface area contributed by atoms with E-state index in [2.05, 4.69) is 5.32 Å². The highest BCUT2D eigenvalue weighted by Crippen LogP contribution is 2.15.